The van der Waals surface area contributed by atoms with Gasteiger partial charge in [0.25, 0.3) is 17.7 Å². The maximum absolute atomic E-state index is 13.2. The summed E-state index contributed by atoms with van der Waals surface area (Å²) in [4.78, 5) is 39.4. The molecule has 1 aliphatic heterocycles. The number of nitrogens with one attached hydrogen (secondary N) is 2. The van der Waals surface area contributed by atoms with Crippen LogP contribution < -0.4 is 20.3 Å². The first-order valence-corrected chi connectivity index (χ1v) is 12.7. The lowest BCUT2D eigenvalue weighted by atomic mass is 10.1. The molecule has 0 atom stereocenters. The minimum atomic E-state index is -0.586. The first kappa shape index (κ1) is 25.7. The fraction of sp³-hybridized carbons (Fsp3) is 0.0769. The van der Waals surface area contributed by atoms with Crippen molar-refractivity contribution in [3.8, 4) is 5.75 Å². The molecule has 0 bridgehead atoms. The number of rotatable bonds is 6. The molecule has 0 saturated carbocycles. The second-order valence-corrected chi connectivity index (χ2v) is 9.85. The summed E-state index contributed by atoms with van der Waals surface area (Å²) in [5.41, 5.74) is 2.69. The molecule has 7 nitrogen and oxygen atoms in total. The number of anilines is 2. The Kier molecular flexibility index (Phi) is 7.97. The largest absolute Gasteiger partial charge is 0.481 e. The van der Waals surface area contributed by atoms with E-state index in [4.69, 9.17) is 17.0 Å². The Labute approximate surface area is 229 Å². The molecule has 0 aliphatic carbocycles. The molecule has 3 amide bonds. The predicted molar refractivity (Wildman–Crippen MR) is 150 cm³/mol. The molecule has 1 saturated heterocycles. The number of carbonyl (C=O) groups is 3. The van der Waals surface area contributed by atoms with Gasteiger partial charge in [-0.25, -0.2) is 0 Å². The summed E-state index contributed by atoms with van der Waals surface area (Å²) in [6, 6.07) is 19.7. The van der Waals surface area contributed by atoms with E-state index in [9.17, 15) is 14.4 Å². The van der Waals surface area contributed by atoms with Crippen molar-refractivity contribution in [1.29, 1.82) is 0 Å². The van der Waals surface area contributed by atoms with Crippen LogP contribution in [0, 0.1) is 6.92 Å². The fourth-order valence-electron chi connectivity index (χ4n) is 3.47. The third-order valence-corrected chi connectivity index (χ3v) is 6.68. The van der Waals surface area contributed by atoms with E-state index in [1.54, 1.807) is 36.4 Å². The minimum absolute atomic E-state index is 0.0171. The maximum atomic E-state index is 13.2. The van der Waals surface area contributed by atoms with E-state index in [1.807, 2.05) is 37.3 Å². The molecular weight excluding hydrogens is 610 g/mol. The molecule has 0 unspecified atom stereocenters. The predicted octanol–water partition coefficient (Wildman–Crippen LogP) is 5.37. The molecule has 0 radical (unpaired) electrons. The SMILES string of the molecule is Cc1ccccc1NC(=O)COc1c(Br)cc(/C=C2/C(=O)NC(=S)N(c3ccccc3)C2=O)cc1Br. The van der Waals surface area contributed by atoms with Crippen LogP contribution in [-0.2, 0) is 14.4 Å². The van der Waals surface area contributed by atoms with Crippen molar-refractivity contribution in [3.05, 3.63) is 92.4 Å². The van der Waals surface area contributed by atoms with Gasteiger partial charge < -0.3 is 10.1 Å². The molecule has 10 heteroatoms. The van der Waals surface area contributed by atoms with Gasteiger partial charge in [0.1, 0.15) is 11.3 Å². The number of ether oxygens (including phenoxy) is 1. The monoisotopic (exact) mass is 627 g/mol. The molecule has 1 heterocycles. The van der Waals surface area contributed by atoms with Gasteiger partial charge in [-0.3, -0.25) is 24.6 Å². The molecule has 2 N–H and O–H groups in total. The van der Waals surface area contributed by atoms with E-state index < -0.39 is 11.8 Å². The van der Waals surface area contributed by atoms with Crippen molar-refractivity contribution in [2.75, 3.05) is 16.8 Å². The smallest absolute Gasteiger partial charge is 0.270 e. The number of para-hydroxylation sites is 2. The van der Waals surface area contributed by atoms with Crippen LogP contribution in [0.5, 0.6) is 5.75 Å². The van der Waals surface area contributed by atoms with E-state index >= 15 is 0 Å². The molecule has 1 fully saturated rings. The summed E-state index contributed by atoms with van der Waals surface area (Å²) in [6.45, 7) is 1.69. The van der Waals surface area contributed by atoms with Crippen molar-refractivity contribution < 1.29 is 19.1 Å². The number of hydrogen-bond donors (Lipinski definition) is 2. The summed E-state index contributed by atoms with van der Waals surface area (Å²) < 4.78 is 6.79. The number of aryl methyl sites for hydroxylation is 1. The average Bonchev–Trinajstić information content (AvgIpc) is 2.83. The van der Waals surface area contributed by atoms with Gasteiger partial charge in [0.05, 0.1) is 14.6 Å². The first-order valence-electron chi connectivity index (χ1n) is 10.7. The van der Waals surface area contributed by atoms with Gasteiger partial charge in [-0.05, 0) is 98.5 Å². The van der Waals surface area contributed by atoms with Crippen LogP contribution in [-0.4, -0.2) is 29.4 Å². The lowest BCUT2D eigenvalue weighted by Crippen LogP contribution is -2.54. The zero-order chi connectivity index (χ0) is 25.8. The van der Waals surface area contributed by atoms with E-state index in [0.717, 1.165) is 5.56 Å². The van der Waals surface area contributed by atoms with E-state index in [-0.39, 0.29) is 23.2 Å². The standard InChI is InChI=1S/C26H19Br2N3O4S/c1-15-7-5-6-10-21(15)29-22(32)14-35-23-19(27)12-16(13-20(23)28)11-18-24(33)30-26(36)31(25(18)34)17-8-3-2-4-9-17/h2-13H,14H2,1H3,(H,29,32)(H,30,33,36)/b18-11-. The van der Waals surface area contributed by atoms with Crippen LogP contribution >= 0.6 is 44.1 Å². The summed E-state index contributed by atoms with van der Waals surface area (Å²) in [7, 11) is 0. The van der Waals surface area contributed by atoms with E-state index in [1.165, 1.54) is 11.0 Å². The van der Waals surface area contributed by atoms with E-state index in [2.05, 4.69) is 42.5 Å². The Morgan fingerprint density at radius 1 is 1.06 bits per heavy atom. The summed E-state index contributed by atoms with van der Waals surface area (Å²) in [5, 5.41) is 5.39. The normalized spacial score (nSPS) is 14.6. The van der Waals surface area contributed by atoms with Gasteiger partial charge in [0.2, 0.25) is 0 Å². The zero-order valence-electron chi connectivity index (χ0n) is 18.9. The summed E-state index contributed by atoms with van der Waals surface area (Å²) in [5.74, 6) is -1.02. The van der Waals surface area contributed by atoms with Gasteiger partial charge in [-0.15, -0.1) is 0 Å². The van der Waals surface area contributed by atoms with Gasteiger partial charge >= 0.3 is 0 Å². The molecule has 3 aromatic carbocycles. The van der Waals surface area contributed by atoms with Crippen LogP contribution in [0.4, 0.5) is 11.4 Å². The number of carbonyl (C=O) groups excluding carboxylic acids is 3. The Bertz CT molecular complexity index is 1390. The topological polar surface area (TPSA) is 87.7 Å². The molecule has 3 aromatic rings. The quantitative estimate of drug-likeness (QED) is 0.218. The number of hydrogen-bond acceptors (Lipinski definition) is 5. The summed E-state index contributed by atoms with van der Waals surface area (Å²) >= 11 is 12.1. The van der Waals surface area contributed by atoms with Crippen molar-refractivity contribution >= 4 is 84.4 Å². The number of nitrogens with zero attached hydrogens (tertiary/aromatic N) is 1. The van der Waals surface area contributed by atoms with Gasteiger partial charge in [-0.1, -0.05) is 36.4 Å². The molecule has 1 aliphatic rings. The fourth-order valence-corrected chi connectivity index (χ4v) is 5.21. The van der Waals surface area contributed by atoms with Crippen molar-refractivity contribution in [2.24, 2.45) is 0 Å². The van der Waals surface area contributed by atoms with Crippen LogP contribution in [0.2, 0.25) is 0 Å². The number of amides is 3. The highest BCUT2D eigenvalue weighted by Crippen LogP contribution is 2.36. The summed E-state index contributed by atoms with van der Waals surface area (Å²) in [6.07, 6.45) is 1.47. The molecule has 0 aromatic heterocycles. The minimum Gasteiger partial charge on any atom is -0.481 e. The third kappa shape index (κ3) is 5.72. The van der Waals surface area contributed by atoms with Crippen molar-refractivity contribution in [2.45, 2.75) is 6.92 Å². The second kappa shape index (κ2) is 11.2. The Morgan fingerprint density at radius 2 is 1.69 bits per heavy atom. The zero-order valence-corrected chi connectivity index (χ0v) is 22.9. The number of thiocarbonyl (C=S) groups is 1. The van der Waals surface area contributed by atoms with Gasteiger partial charge in [0.15, 0.2) is 11.7 Å². The molecule has 182 valence electrons. The van der Waals surface area contributed by atoms with Crippen molar-refractivity contribution in [1.82, 2.24) is 5.32 Å². The van der Waals surface area contributed by atoms with Crippen LogP contribution in [0.3, 0.4) is 0 Å². The maximum Gasteiger partial charge on any atom is 0.270 e. The molecule has 36 heavy (non-hydrogen) atoms. The number of benzene rings is 3. The van der Waals surface area contributed by atoms with Crippen LogP contribution in [0.25, 0.3) is 6.08 Å². The highest BCUT2D eigenvalue weighted by Gasteiger charge is 2.34. The Balaban J connectivity index is 1.52. The number of halogens is 2. The lowest BCUT2D eigenvalue weighted by Gasteiger charge is -2.28. The average molecular weight is 629 g/mol. The van der Waals surface area contributed by atoms with Crippen molar-refractivity contribution in [3.63, 3.8) is 0 Å². The van der Waals surface area contributed by atoms with E-state index in [0.29, 0.717) is 31.6 Å². The highest BCUT2D eigenvalue weighted by atomic mass is 79.9. The Hall–Kier alpha value is -3.34. The van der Waals surface area contributed by atoms with Gasteiger partial charge in [0, 0.05) is 5.69 Å². The molecule has 4 rings (SSSR count). The molecule has 0 spiro atoms. The lowest BCUT2D eigenvalue weighted by molar-refractivity contribution is -0.122. The second-order valence-electron chi connectivity index (χ2n) is 7.76. The highest BCUT2D eigenvalue weighted by molar-refractivity contribution is 9.11. The van der Waals surface area contributed by atoms with Crippen LogP contribution in [0.15, 0.2) is 81.2 Å². The van der Waals surface area contributed by atoms with Crippen LogP contribution in [0.1, 0.15) is 11.1 Å². The Morgan fingerprint density at radius 3 is 2.36 bits per heavy atom. The molecular formula is C26H19Br2N3O4S. The first-order chi connectivity index (χ1) is 17.2. The van der Waals surface area contributed by atoms with Gasteiger partial charge in [-0.2, -0.15) is 0 Å². The third-order valence-electron chi connectivity index (χ3n) is 5.21.